The van der Waals surface area contributed by atoms with Crippen LogP contribution in [0.15, 0.2) is 53.1 Å². The highest BCUT2D eigenvalue weighted by Gasteiger charge is 2.35. The van der Waals surface area contributed by atoms with E-state index in [0.29, 0.717) is 34.4 Å². The topological polar surface area (TPSA) is 59.2 Å². The number of aromatic nitrogens is 2. The summed E-state index contributed by atoms with van der Waals surface area (Å²) in [6.07, 6.45) is 1.58. The van der Waals surface area contributed by atoms with Crippen molar-refractivity contribution < 1.29 is 13.7 Å². The van der Waals surface area contributed by atoms with Crippen molar-refractivity contribution >= 4 is 17.5 Å². The number of nitrogens with zero attached hydrogens (tertiary/aromatic N) is 3. The van der Waals surface area contributed by atoms with Gasteiger partial charge in [-0.3, -0.25) is 4.79 Å². The Labute approximate surface area is 154 Å². The van der Waals surface area contributed by atoms with E-state index in [1.807, 2.05) is 0 Å². The number of hydrogen-bond donors (Lipinski definition) is 0. The van der Waals surface area contributed by atoms with E-state index < -0.39 is 0 Å². The zero-order valence-corrected chi connectivity index (χ0v) is 14.5. The third kappa shape index (κ3) is 3.08. The van der Waals surface area contributed by atoms with Crippen LogP contribution in [0.3, 0.4) is 0 Å². The molecule has 1 amide bonds. The first-order chi connectivity index (χ1) is 12.6. The molecule has 4 rings (SSSR count). The normalized spacial score (nSPS) is 16.8. The average Bonchev–Trinajstić information content (AvgIpc) is 3.31. The van der Waals surface area contributed by atoms with Crippen LogP contribution < -0.4 is 0 Å². The molecule has 1 unspecified atom stereocenters. The molecule has 1 saturated heterocycles. The van der Waals surface area contributed by atoms with Gasteiger partial charge in [-0.1, -0.05) is 28.9 Å². The number of carbonyl (C=O) groups is 1. The van der Waals surface area contributed by atoms with Crippen molar-refractivity contribution in [3.63, 3.8) is 0 Å². The van der Waals surface area contributed by atoms with E-state index in [2.05, 4.69) is 10.1 Å². The van der Waals surface area contributed by atoms with Crippen LogP contribution in [0.4, 0.5) is 4.39 Å². The summed E-state index contributed by atoms with van der Waals surface area (Å²) in [6.45, 7) is 0.600. The predicted octanol–water partition coefficient (Wildman–Crippen LogP) is 4.51. The van der Waals surface area contributed by atoms with Crippen LogP contribution in [0.5, 0.6) is 0 Å². The van der Waals surface area contributed by atoms with Crippen molar-refractivity contribution in [3.8, 4) is 11.4 Å². The first kappa shape index (κ1) is 16.7. The number of benzene rings is 2. The molecular weight excluding hydrogens is 357 g/mol. The molecule has 5 nitrogen and oxygen atoms in total. The van der Waals surface area contributed by atoms with Gasteiger partial charge >= 0.3 is 0 Å². The Morgan fingerprint density at radius 1 is 1.19 bits per heavy atom. The fourth-order valence-electron chi connectivity index (χ4n) is 3.14. The van der Waals surface area contributed by atoms with Crippen LogP contribution in [0.25, 0.3) is 11.4 Å². The van der Waals surface area contributed by atoms with Gasteiger partial charge < -0.3 is 9.42 Å². The fourth-order valence-corrected chi connectivity index (χ4v) is 3.36. The quantitative estimate of drug-likeness (QED) is 0.679. The lowest BCUT2D eigenvalue weighted by Crippen LogP contribution is -2.30. The summed E-state index contributed by atoms with van der Waals surface area (Å²) in [5.74, 6) is 0.267. The molecular formula is C19H15ClFN3O2. The highest BCUT2D eigenvalue weighted by Crippen LogP contribution is 2.34. The van der Waals surface area contributed by atoms with Crippen molar-refractivity contribution in [3.05, 3.63) is 70.8 Å². The van der Waals surface area contributed by atoms with E-state index in [1.54, 1.807) is 41.3 Å². The maximum absolute atomic E-state index is 13.1. The highest BCUT2D eigenvalue weighted by atomic mass is 35.5. The van der Waals surface area contributed by atoms with Crippen LogP contribution >= 0.6 is 11.6 Å². The molecule has 1 aliphatic heterocycles. The van der Waals surface area contributed by atoms with Gasteiger partial charge in [0.15, 0.2) is 0 Å². The van der Waals surface area contributed by atoms with Crippen LogP contribution in [0.1, 0.15) is 35.1 Å². The second-order valence-electron chi connectivity index (χ2n) is 6.10. The molecule has 26 heavy (non-hydrogen) atoms. The number of hydrogen-bond acceptors (Lipinski definition) is 4. The molecule has 0 aliphatic carbocycles. The lowest BCUT2D eigenvalue weighted by molar-refractivity contribution is 0.0710. The number of rotatable bonds is 3. The molecule has 1 fully saturated rings. The van der Waals surface area contributed by atoms with Crippen molar-refractivity contribution in [1.29, 1.82) is 0 Å². The van der Waals surface area contributed by atoms with E-state index >= 15 is 0 Å². The second-order valence-corrected chi connectivity index (χ2v) is 6.51. The monoisotopic (exact) mass is 371 g/mol. The average molecular weight is 372 g/mol. The SMILES string of the molecule is O=C(c1ccccc1Cl)N1CCCC1c1nc(-c2ccc(F)cc2)no1. The Morgan fingerprint density at radius 2 is 1.96 bits per heavy atom. The second kappa shape index (κ2) is 6.88. The Hall–Kier alpha value is -2.73. The van der Waals surface area contributed by atoms with E-state index in [9.17, 15) is 9.18 Å². The summed E-state index contributed by atoms with van der Waals surface area (Å²) < 4.78 is 18.5. The molecule has 3 aromatic rings. The standard InChI is InChI=1S/C19H15ClFN3O2/c20-15-5-2-1-4-14(15)19(25)24-11-3-6-16(24)18-22-17(23-26-18)12-7-9-13(21)10-8-12/h1-2,4-5,7-10,16H,3,6,11H2. The summed E-state index contributed by atoms with van der Waals surface area (Å²) in [5, 5.41) is 4.39. The predicted molar refractivity (Wildman–Crippen MR) is 94.2 cm³/mol. The van der Waals surface area contributed by atoms with Gasteiger partial charge in [-0.15, -0.1) is 0 Å². The van der Waals surface area contributed by atoms with Crippen molar-refractivity contribution in [2.24, 2.45) is 0 Å². The summed E-state index contributed by atoms with van der Waals surface area (Å²) in [4.78, 5) is 19.0. The van der Waals surface area contributed by atoms with Crippen molar-refractivity contribution in [1.82, 2.24) is 15.0 Å². The lowest BCUT2D eigenvalue weighted by atomic mass is 10.1. The summed E-state index contributed by atoms with van der Waals surface area (Å²) in [6, 6.07) is 12.5. The highest BCUT2D eigenvalue weighted by molar-refractivity contribution is 6.33. The Balaban J connectivity index is 1.60. The van der Waals surface area contributed by atoms with E-state index in [-0.39, 0.29) is 17.8 Å². The molecule has 0 radical (unpaired) electrons. The van der Waals surface area contributed by atoms with Crippen molar-refractivity contribution in [2.75, 3.05) is 6.54 Å². The van der Waals surface area contributed by atoms with Crippen LogP contribution in [0, 0.1) is 5.82 Å². The zero-order chi connectivity index (χ0) is 18.1. The number of likely N-dealkylation sites (tertiary alicyclic amines) is 1. The van der Waals surface area contributed by atoms with Crippen molar-refractivity contribution in [2.45, 2.75) is 18.9 Å². The van der Waals surface area contributed by atoms with Gasteiger partial charge in [-0.05, 0) is 49.2 Å². The molecule has 0 saturated carbocycles. The van der Waals surface area contributed by atoms with Crippen LogP contribution in [-0.2, 0) is 0 Å². The maximum Gasteiger partial charge on any atom is 0.256 e. The zero-order valence-electron chi connectivity index (χ0n) is 13.7. The number of carbonyl (C=O) groups excluding carboxylic acids is 1. The summed E-state index contributed by atoms with van der Waals surface area (Å²) in [5.41, 5.74) is 1.11. The van der Waals surface area contributed by atoms with Gasteiger partial charge in [0, 0.05) is 12.1 Å². The fraction of sp³-hybridized carbons (Fsp3) is 0.211. The Kier molecular flexibility index (Phi) is 4.42. The molecule has 1 aromatic heterocycles. The first-order valence-corrected chi connectivity index (χ1v) is 8.66. The Bertz CT molecular complexity index is 942. The minimum Gasteiger partial charge on any atom is -0.337 e. The summed E-state index contributed by atoms with van der Waals surface area (Å²) in [7, 11) is 0. The minimum atomic E-state index is -0.329. The van der Waals surface area contributed by atoms with Gasteiger partial charge in [0.2, 0.25) is 11.7 Å². The minimum absolute atomic E-state index is 0.153. The van der Waals surface area contributed by atoms with Crippen LogP contribution in [-0.4, -0.2) is 27.5 Å². The first-order valence-electron chi connectivity index (χ1n) is 8.28. The molecule has 1 atom stereocenters. The Morgan fingerprint density at radius 3 is 2.73 bits per heavy atom. The number of amides is 1. The van der Waals surface area contributed by atoms with E-state index in [0.717, 1.165) is 12.8 Å². The molecule has 2 aromatic carbocycles. The third-order valence-corrected chi connectivity index (χ3v) is 4.78. The molecule has 0 spiro atoms. The van der Waals surface area contributed by atoms with Crippen LogP contribution in [0.2, 0.25) is 5.02 Å². The van der Waals surface area contributed by atoms with E-state index in [4.69, 9.17) is 16.1 Å². The maximum atomic E-state index is 13.1. The van der Waals surface area contributed by atoms with Gasteiger partial charge in [0.05, 0.1) is 10.6 Å². The van der Waals surface area contributed by atoms with Gasteiger partial charge in [0.1, 0.15) is 11.9 Å². The smallest absolute Gasteiger partial charge is 0.256 e. The molecule has 0 N–H and O–H groups in total. The van der Waals surface area contributed by atoms with Gasteiger partial charge in [-0.25, -0.2) is 4.39 Å². The molecule has 1 aliphatic rings. The molecule has 2 heterocycles. The third-order valence-electron chi connectivity index (χ3n) is 4.45. The summed E-state index contributed by atoms with van der Waals surface area (Å²) >= 11 is 6.16. The van der Waals surface area contributed by atoms with Gasteiger partial charge in [0.25, 0.3) is 5.91 Å². The largest absolute Gasteiger partial charge is 0.337 e. The molecule has 0 bridgehead atoms. The molecule has 132 valence electrons. The lowest BCUT2D eigenvalue weighted by Gasteiger charge is -2.22. The molecule has 7 heteroatoms. The van der Waals surface area contributed by atoms with Gasteiger partial charge in [-0.2, -0.15) is 4.98 Å². The van der Waals surface area contributed by atoms with E-state index in [1.165, 1.54) is 12.1 Å². The number of halogens is 2.